The summed E-state index contributed by atoms with van der Waals surface area (Å²) in [6.45, 7) is 21.0. The molecule has 0 radical (unpaired) electrons. The van der Waals surface area contributed by atoms with E-state index < -0.39 is 0 Å². The van der Waals surface area contributed by atoms with Crippen LogP contribution in [0.4, 0.5) is 34.1 Å². The summed E-state index contributed by atoms with van der Waals surface area (Å²) < 4.78 is 12.9. The second kappa shape index (κ2) is 15.4. The first-order valence-electron chi connectivity index (χ1n) is 25.2. The molecule has 9 aromatic carbocycles. The fourth-order valence-electron chi connectivity index (χ4n) is 11.6. The van der Waals surface area contributed by atoms with Gasteiger partial charge in [-0.1, -0.05) is 172 Å². The molecule has 346 valence electrons. The number of nitrogens with zero attached hydrogens (tertiary/aromatic N) is 2. The lowest BCUT2D eigenvalue weighted by Gasteiger charge is -2.45. The number of para-hydroxylation sites is 2. The summed E-state index contributed by atoms with van der Waals surface area (Å²) in [4.78, 5) is 5.17. The van der Waals surface area contributed by atoms with Gasteiger partial charge in [-0.25, -0.2) is 0 Å². The molecular formula is C66H57BN2O2. The summed E-state index contributed by atoms with van der Waals surface area (Å²) in [5.74, 6) is 0. The minimum Gasteiger partial charge on any atom is -0.456 e. The van der Waals surface area contributed by atoms with Gasteiger partial charge in [0, 0.05) is 55.7 Å². The van der Waals surface area contributed by atoms with E-state index >= 15 is 0 Å². The summed E-state index contributed by atoms with van der Waals surface area (Å²) in [5, 5.41) is 4.54. The third-order valence-electron chi connectivity index (χ3n) is 15.3. The Morgan fingerprint density at radius 3 is 1.18 bits per heavy atom. The number of fused-ring (bicyclic) bond motifs is 10. The molecule has 13 rings (SSSR count). The summed E-state index contributed by atoms with van der Waals surface area (Å²) in [7, 11) is 0. The Hall–Kier alpha value is -7.76. The van der Waals surface area contributed by atoms with Crippen molar-refractivity contribution in [1.82, 2.24) is 0 Å². The van der Waals surface area contributed by atoms with Crippen molar-refractivity contribution in [3.8, 4) is 22.3 Å². The zero-order valence-corrected chi connectivity index (χ0v) is 42.1. The number of benzene rings is 9. The van der Waals surface area contributed by atoms with E-state index in [1.54, 1.807) is 0 Å². The largest absolute Gasteiger partial charge is 0.456 e. The first kappa shape index (κ1) is 43.3. The molecule has 5 heteroatoms. The quantitative estimate of drug-likeness (QED) is 0.165. The van der Waals surface area contributed by atoms with Crippen LogP contribution in [0.2, 0.25) is 0 Å². The molecule has 0 spiro atoms. The second-order valence-corrected chi connectivity index (χ2v) is 23.0. The lowest BCUT2D eigenvalue weighted by molar-refractivity contribution is 0.590. The third kappa shape index (κ3) is 6.80. The van der Waals surface area contributed by atoms with E-state index in [1.807, 2.05) is 12.1 Å². The number of anilines is 6. The van der Waals surface area contributed by atoms with Crippen LogP contribution in [-0.2, 0) is 16.2 Å². The Labute approximate surface area is 417 Å². The van der Waals surface area contributed by atoms with Gasteiger partial charge in [0.2, 0.25) is 0 Å². The van der Waals surface area contributed by atoms with Gasteiger partial charge in [0.25, 0.3) is 6.71 Å². The van der Waals surface area contributed by atoms with Crippen LogP contribution < -0.4 is 26.2 Å². The molecule has 0 atom stereocenters. The Balaban J connectivity index is 1.09. The van der Waals surface area contributed by atoms with E-state index in [0.29, 0.717) is 0 Å². The van der Waals surface area contributed by atoms with Crippen molar-refractivity contribution in [1.29, 1.82) is 0 Å². The molecule has 0 unspecified atom stereocenters. The van der Waals surface area contributed by atoms with Crippen molar-refractivity contribution in [3.63, 3.8) is 0 Å². The molecule has 4 heterocycles. The van der Waals surface area contributed by atoms with Gasteiger partial charge in [-0.2, -0.15) is 0 Å². The molecule has 11 aromatic rings. The maximum absolute atomic E-state index is 6.43. The SMILES string of the molecule is CC(C)(C)c1ccc2c(c1)N(c1cccc(-c3cccc4oc5ccccc5c34)c1)c1cc(C(C)(C)C)cc3c1B2c1ccc(C(C)(C)C)cc1N3c1cccc(-c2cccc3oc4ccccc4c23)c1. The fraction of sp³-hybridized carbons (Fsp3) is 0.182. The first-order chi connectivity index (χ1) is 34.1. The molecular weight excluding hydrogens is 864 g/mol. The minimum absolute atomic E-state index is 0.0157. The highest BCUT2D eigenvalue weighted by molar-refractivity contribution is 7.00. The molecule has 0 amide bonds. The normalized spacial score (nSPS) is 13.6. The maximum atomic E-state index is 6.43. The zero-order chi connectivity index (χ0) is 48.7. The molecule has 4 nitrogen and oxygen atoms in total. The predicted molar refractivity (Wildman–Crippen MR) is 302 cm³/mol. The Morgan fingerprint density at radius 2 is 0.746 bits per heavy atom. The lowest BCUT2D eigenvalue weighted by Crippen LogP contribution is -2.61. The fourth-order valence-corrected chi connectivity index (χ4v) is 11.6. The molecule has 0 aliphatic carbocycles. The van der Waals surface area contributed by atoms with Crippen molar-refractivity contribution in [2.45, 2.75) is 78.6 Å². The van der Waals surface area contributed by atoms with Crippen molar-refractivity contribution in [2.24, 2.45) is 0 Å². The average molecular weight is 921 g/mol. The molecule has 2 aliphatic heterocycles. The highest BCUT2D eigenvalue weighted by Gasteiger charge is 2.45. The van der Waals surface area contributed by atoms with Crippen LogP contribution >= 0.6 is 0 Å². The van der Waals surface area contributed by atoms with Gasteiger partial charge in [-0.3, -0.25) is 0 Å². The van der Waals surface area contributed by atoms with Crippen LogP contribution in [0.15, 0.2) is 191 Å². The summed E-state index contributed by atoms with van der Waals surface area (Å²) in [6, 6.07) is 67.7. The monoisotopic (exact) mass is 920 g/mol. The molecule has 71 heavy (non-hydrogen) atoms. The van der Waals surface area contributed by atoms with Crippen LogP contribution in [-0.4, -0.2) is 6.71 Å². The third-order valence-corrected chi connectivity index (χ3v) is 15.3. The van der Waals surface area contributed by atoms with Crippen LogP contribution in [0, 0.1) is 0 Å². The summed E-state index contributed by atoms with van der Waals surface area (Å²) in [5.41, 5.74) is 22.8. The number of furan rings is 2. The molecule has 0 saturated heterocycles. The van der Waals surface area contributed by atoms with Crippen LogP contribution in [0.5, 0.6) is 0 Å². The summed E-state index contributed by atoms with van der Waals surface area (Å²) in [6.07, 6.45) is 0. The van der Waals surface area contributed by atoms with Gasteiger partial charge in [0.05, 0.1) is 0 Å². The van der Waals surface area contributed by atoms with Crippen molar-refractivity contribution < 1.29 is 8.83 Å². The predicted octanol–water partition coefficient (Wildman–Crippen LogP) is 16.8. The van der Waals surface area contributed by atoms with E-state index in [1.165, 1.54) is 55.8 Å². The number of hydrogen-bond donors (Lipinski definition) is 0. The molecule has 0 fully saturated rings. The number of hydrogen-bond acceptors (Lipinski definition) is 4. The smallest absolute Gasteiger partial charge is 0.252 e. The molecule has 0 saturated carbocycles. The Kier molecular flexibility index (Phi) is 9.37. The molecule has 2 aromatic heterocycles. The van der Waals surface area contributed by atoms with E-state index in [2.05, 4.69) is 242 Å². The molecule has 0 N–H and O–H groups in total. The van der Waals surface area contributed by atoms with Gasteiger partial charge in [-0.05, 0) is 144 Å². The van der Waals surface area contributed by atoms with Gasteiger partial charge in [0.1, 0.15) is 22.3 Å². The van der Waals surface area contributed by atoms with E-state index in [0.717, 1.165) is 77.5 Å². The Bertz CT molecular complexity index is 3730. The molecule has 0 bridgehead atoms. The second-order valence-electron chi connectivity index (χ2n) is 23.0. The topological polar surface area (TPSA) is 32.8 Å². The highest BCUT2D eigenvalue weighted by atomic mass is 16.3. The highest BCUT2D eigenvalue weighted by Crippen LogP contribution is 2.49. The van der Waals surface area contributed by atoms with E-state index in [9.17, 15) is 0 Å². The first-order valence-corrected chi connectivity index (χ1v) is 25.2. The van der Waals surface area contributed by atoms with Crippen LogP contribution in [0.1, 0.15) is 79.0 Å². The average Bonchev–Trinajstić information content (AvgIpc) is 3.94. The zero-order valence-electron chi connectivity index (χ0n) is 42.1. The van der Waals surface area contributed by atoms with Gasteiger partial charge in [0.15, 0.2) is 0 Å². The van der Waals surface area contributed by atoms with Gasteiger partial charge >= 0.3 is 0 Å². The molecule has 2 aliphatic rings. The van der Waals surface area contributed by atoms with E-state index in [4.69, 9.17) is 8.83 Å². The standard InChI is InChI=1S/C66H57BN2O2/c1-64(2,3)42-30-32-51-53(36-42)68(45-20-14-18-40(34-45)47-24-16-28-59-61(47)49-22-10-12-26-57(49)70-59)55-38-44(66(7,8)9)39-56-63(55)67(51)52-33-31-43(65(4,5)6)37-54(52)69(56)46-21-15-19-41(35-46)48-25-17-29-60-62(48)50-23-11-13-27-58(50)71-60/h10-39H,1-9H3. The lowest BCUT2D eigenvalue weighted by atomic mass is 9.33. The van der Waals surface area contributed by atoms with Crippen molar-refractivity contribution in [3.05, 3.63) is 199 Å². The minimum atomic E-state index is -0.168. The van der Waals surface area contributed by atoms with Gasteiger partial charge in [-0.15, -0.1) is 0 Å². The number of rotatable bonds is 4. The maximum Gasteiger partial charge on any atom is 0.252 e. The van der Waals surface area contributed by atoms with Crippen molar-refractivity contribution in [2.75, 3.05) is 9.80 Å². The van der Waals surface area contributed by atoms with Gasteiger partial charge < -0.3 is 18.6 Å². The van der Waals surface area contributed by atoms with Crippen LogP contribution in [0.25, 0.3) is 66.1 Å². The summed E-state index contributed by atoms with van der Waals surface area (Å²) >= 11 is 0. The van der Waals surface area contributed by atoms with Crippen LogP contribution in [0.3, 0.4) is 0 Å². The van der Waals surface area contributed by atoms with E-state index in [-0.39, 0.29) is 23.0 Å². The van der Waals surface area contributed by atoms with Crippen molar-refractivity contribution >= 4 is 101 Å². The Morgan fingerprint density at radius 1 is 0.352 bits per heavy atom.